The van der Waals surface area contributed by atoms with E-state index < -0.39 is 15.6 Å². The Morgan fingerprint density at radius 1 is 1.10 bits per heavy atom. The summed E-state index contributed by atoms with van der Waals surface area (Å²) in [5.74, 6) is 0.544. The van der Waals surface area contributed by atoms with E-state index in [2.05, 4.69) is 5.10 Å². The Balaban J connectivity index is 1.77. The lowest BCUT2D eigenvalue weighted by atomic mass is 10.2. The van der Waals surface area contributed by atoms with Gasteiger partial charge in [0.1, 0.15) is 21.3 Å². The van der Waals surface area contributed by atoms with Gasteiger partial charge in [-0.2, -0.15) is 4.68 Å². The molecule has 0 aliphatic heterocycles. The highest BCUT2D eigenvalue weighted by molar-refractivity contribution is 7.91. The van der Waals surface area contributed by atoms with Gasteiger partial charge in [0.25, 0.3) is 5.89 Å². The number of benzene rings is 1. The van der Waals surface area contributed by atoms with E-state index in [1.165, 1.54) is 24.3 Å². The summed E-state index contributed by atoms with van der Waals surface area (Å²) in [6, 6.07) is 8.81. The van der Waals surface area contributed by atoms with Crippen molar-refractivity contribution < 1.29 is 22.3 Å². The second-order valence-corrected chi connectivity index (χ2v) is 9.56. The average Bonchev–Trinajstić information content (AvgIpc) is 3.46. The normalized spacial score (nSPS) is 11.6. The number of nitrogens with zero attached hydrogens (tertiary/aromatic N) is 3. The molecule has 4 rings (SSSR count). The van der Waals surface area contributed by atoms with Crippen molar-refractivity contribution in [3.63, 3.8) is 0 Å². The van der Waals surface area contributed by atoms with Gasteiger partial charge in [0.05, 0.1) is 26.5 Å². The summed E-state index contributed by atoms with van der Waals surface area (Å²) in [6.07, 6.45) is 4.58. The first kappa shape index (κ1) is 20.9. The van der Waals surface area contributed by atoms with Gasteiger partial charge in [-0.05, 0) is 29.8 Å². The van der Waals surface area contributed by atoms with E-state index in [0.717, 1.165) is 23.2 Å². The SMILES string of the molecule is COc1cc(Cn2nc(-c3scc(S(C)(=O)=O)c3-n3cccc3)oc2=O)cc(OC)c1. The monoisotopic (exact) mass is 461 g/mol. The molecule has 0 bridgehead atoms. The van der Waals surface area contributed by atoms with Crippen molar-refractivity contribution in [3.05, 3.63) is 64.2 Å². The standard InChI is InChI=1S/C20H19N3O6S2/c1-27-14-8-13(9-15(10-14)28-2)11-23-20(24)29-19(21-23)18-17(22-6-4-5-7-22)16(12-30-18)31(3,25)26/h4-10,12H,11H2,1-3H3. The Hall–Kier alpha value is -3.31. The van der Waals surface area contributed by atoms with Gasteiger partial charge in [-0.3, -0.25) is 0 Å². The number of ether oxygens (including phenoxy) is 2. The van der Waals surface area contributed by atoms with Crippen LogP contribution >= 0.6 is 11.3 Å². The molecule has 9 nitrogen and oxygen atoms in total. The molecule has 0 aliphatic rings. The number of aromatic nitrogens is 3. The summed E-state index contributed by atoms with van der Waals surface area (Å²) >= 11 is 1.15. The summed E-state index contributed by atoms with van der Waals surface area (Å²) in [6.45, 7) is 0.124. The third kappa shape index (κ3) is 4.14. The van der Waals surface area contributed by atoms with Gasteiger partial charge in [0, 0.05) is 30.1 Å². The highest BCUT2D eigenvalue weighted by Gasteiger charge is 2.25. The fourth-order valence-electron chi connectivity index (χ4n) is 3.11. The van der Waals surface area contributed by atoms with Crippen molar-refractivity contribution in [1.82, 2.24) is 14.3 Å². The Bertz CT molecular complexity index is 1360. The molecule has 162 valence electrons. The van der Waals surface area contributed by atoms with E-state index in [4.69, 9.17) is 13.9 Å². The molecule has 0 fully saturated rings. The van der Waals surface area contributed by atoms with Gasteiger partial charge >= 0.3 is 5.76 Å². The van der Waals surface area contributed by atoms with Crippen LogP contribution in [-0.2, 0) is 16.4 Å². The maximum atomic E-state index is 12.5. The van der Waals surface area contributed by atoms with Crippen LogP contribution in [0.15, 0.2) is 62.2 Å². The van der Waals surface area contributed by atoms with E-state index in [0.29, 0.717) is 22.1 Å². The van der Waals surface area contributed by atoms with Crippen LogP contribution in [0, 0.1) is 0 Å². The molecule has 0 spiro atoms. The summed E-state index contributed by atoms with van der Waals surface area (Å²) in [7, 11) is -0.427. The van der Waals surface area contributed by atoms with Gasteiger partial charge in [0.2, 0.25) is 0 Å². The van der Waals surface area contributed by atoms with Crippen molar-refractivity contribution in [2.45, 2.75) is 11.4 Å². The van der Waals surface area contributed by atoms with Gasteiger partial charge in [-0.1, -0.05) is 0 Å². The number of sulfone groups is 1. The molecule has 0 amide bonds. The zero-order valence-corrected chi connectivity index (χ0v) is 18.6. The fourth-order valence-corrected chi connectivity index (χ4v) is 5.42. The van der Waals surface area contributed by atoms with E-state index in [1.54, 1.807) is 47.3 Å². The summed E-state index contributed by atoms with van der Waals surface area (Å²) in [5, 5.41) is 5.83. The smallest absolute Gasteiger partial charge is 0.437 e. The number of rotatable bonds is 7. The molecule has 0 unspecified atom stereocenters. The summed E-state index contributed by atoms with van der Waals surface area (Å²) in [5.41, 5.74) is 1.13. The molecular formula is C20H19N3O6S2. The lowest BCUT2D eigenvalue weighted by Gasteiger charge is -2.08. The van der Waals surface area contributed by atoms with E-state index in [1.807, 2.05) is 0 Å². The van der Waals surface area contributed by atoms with E-state index in [-0.39, 0.29) is 17.3 Å². The van der Waals surface area contributed by atoms with Crippen molar-refractivity contribution >= 4 is 21.2 Å². The predicted molar refractivity (Wildman–Crippen MR) is 115 cm³/mol. The number of thiophene rings is 1. The van der Waals surface area contributed by atoms with Gasteiger partial charge in [0.15, 0.2) is 9.84 Å². The van der Waals surface area contributed by atoms with Crippen LogP contribution in [0.5, 0.6) is 11.5 Å². The minimum absolute atomic E-state index is 0.0449. The van der Waals surface area contributed by atoms with Crippen LogP contribution in [0.4, 0.5) is 0 Å². The van der Waals surface area contributed by atoms with Crippen LogP contribution < -0.4 is 15.2 Å². The molecule has 0 atom stereocenters. The third-order valence-corrected chi connectivity index (χ3v) is 6.76. The molecule has 0 saturated carbocycles. The predicted octanol–water partition coefficient (Wildman–Crippen LogP) is 2.82. The third-order valence-electron chi connectivity index (χ3n) is 4.54. The first-order valence-corrected chi connectivity index (χ1v) is 11.8. The highest BCUT2D eigenvalue weighted by Crippen LogP contribution is 2.37. The number of hydrogen-bond acceptors (Lipinski definition) is 8. The molecule has 3 aromatic heterocycles. The number of hydrogen-bond donors (Lipinski definition) is 0. The molecule has 3 heterocycles. The average molecular weight is 462 g/mol. The van der Waals surface area contributed by atoms with E-state index in [9.17, 15) is 13.2 Å². The lowest BCUT2D eigenvalue weighted by molar-refractivity contribution is 0.392. The van der Waals surface area contributed by atoms with Crippen molar-refractivity contribution in [1.29, 1.82) is 0 Å². The van der Waals surface area contributed by atoms with Gasteiger partial charge < -0.3 is 18.5 Å². The molecule has 31 heavy (non-hydrogen) atoms. The molecule has 4 aromatic rings. The van der Waals surface area contributed by atoms with Gasteiger partial charge in [-0.25, -0.2) is 13.2 Å². The molecule has 0 N–H and O–H groups in total. The molecule has 1 aromatic carbocycles. The molecule has 0 radical (unpaired) electrons. The summed E-state index contributed by atoms with van der Waals surface area (Å²) < 4.78 is 43.3. The molecule has 0 saturated heterocycles. The maximum absolute atomic E-state index is 12.5. The molecular weight excluding hydrogens is 442 g/mol. The first-order chi connectivity index (χ1) is 14.8. The first-order valence-electron chi connectivity index (χ1n) is 9.05. The van der Waals surface area contributed by atoms with Crippen LogP contribution in [0.3, 0.4) is 0 Å². The zero-order chi connectivity index (χ0) is 22.2. The minimum Gasteiger partial charge on any atom is -0.497 e. The van der Waals surface area contributed by atoms with E-state index >= 15 is 0 Å². The van der Waals surface area contributed by atoms with Crippen LogP contribution in [-0.4, -0.2) is 43.2 Å². The van der Waals surface area contributed by atoms with Crippen molar-refractivity contribution in [3.8, 4) is 28.0 Å². The molecule has 0 aliphatic carbocycles. The lowest BCUT2D eigenvalue weighted by Crippen LogP contribution is -2.16. The number of methoxy groups -OCH3 is 2. The zero-order valence-electron chi connectivity index (χ0n) is 16.9. The Morgan fingerprint density at radius 2 is 1.74 bits per heavy atom. The quantitative estimate of drug-likeness (QED) is 0.417. The Kier molecular flexibility index (Phi) is 5.46. The van der Waals surface area contributed by atoms with Crippen LogP contribution in [0.2, 0.25) is 0 Å². The van der Waals surface area contributed by atoms with Crippen molar-refractivity contribution in [2.24, 2.45) is 0 Å². The van der Waals surface area contributed by atoms with Gasteiger partial charge in [-0.15, -0.1) is 16.4 Å². The fraction of sp³-hybridized carbons (Fsp3) is 0.200. The van der Waals surface area contributed by atoms with Crippen LogP contribution in [0.1, 0.15) is 5.56 Å². The largest absolute Gasteiger partial charge is 0.497 e. The summed E-state index contributed by atoms with van der Waals surface area (Å²) in [4.78, 5) is 13.1. The molecule has 11 heteroatoms. The van der Waals surface area contributed by atoms with Crippen molar-refractivity contribution in [2.75, 3.05) is 20.5 Å². The second-order valence-electron chi connectivity index (χ2n) is 6.69. The topological polar surface area (TPSA) is 106 Å². The second kappa shape index (κ2) is 8.08. The highest BCUT2D eigenvalue weighted by atomic mass is 32.2. The maximum Gasteiger partial charge on any atom is 0.437 e. The van der Waals surface area contributed by atoms with Crippen LogP contribution in [0.25, 0.3) is 16.5 Å². The Labute approximate surface area is 182 Å². The minimum atomic E-state index is -3.51. The Morgan fingerprint density at radius 3 is 2.32 bits per heavy atom.